The number of carbonyl (C=O) groups is 2. The van der Waals surface area contributed by atoms with Gasteiger partial charge in [-0.1, -0.05) is 18.2 Å². The van der Waals surface area contributed by atoms with Gasteiger partial charge in [0.15, 0.2) is 0 Å². The first-order valence-electron chi connectivity index (χ1n) is 13.2. The number of fused-ring (bicyclic) bond motifs is 2. The van der Waals surface area contributed by atoms with Crippen LogP contribution in [0.3, 0.4) is 0 Å². The molecule has 228 valence electrons. The number of hydrogen-bond donors (Lipinski definition) is 3. The number of amides is 1. The van der Waals surface area contributed by atoms with E-state index in [1.165, 1.54) is 21.4 Å². The minimum atomic E-state index is -4.69. The molecule has 0 bridgehead atoms. The zero-order valence-electron chi connectivity index (χ0n) is 23.1. The molecule has 0 aliphatic rings. The molecule has 0 unspecified atom stereocenters. The number of imidazole rings is 1. The summed E-state index contributed by atoms with van der Waals surface area (Å²) in [5.74, 6) is -5.90. The van der Waals surface area contributed by atoms with Crippen molar-refractivity contribution in [1.29, 1.82) is 0 Å². The van der Waals surface area contributed by atoms with Gasteiger partial charge in [-0.3, -0.25) is 9.59 Å². The van der Waals surface area contributed by atoms with Gasteiger partial charge in [-0.25, -0.2) is 18.6 Å². The van der Waals surface area contributed by atoms with Crippen molar-refractivity contribution < 1.29 is 36.6 Å². The van der Waals surface area contributed by atoms with Gasteiger partial charge in [-0.05, 0) is 48.7 Å². The van der Waals surface area contributed by atoms with Crippen LogP contribution in [-0.2, 0) is 18.3 Å². The van der Waals surface area contributed by atoms with E-state index in [0.717, 1.165) is 17.8 Å². The number of benzene rings is 2. The van der Waals surface area contributed by atoms with E-state index >= 15 is 0 Å². The number of aliphatic carboxylic acids is 1. The minimum Gasteiger partial charge on any atom is -0.480 e. The molecule has 0 fully saturated rings. The van der Waals surface area contributed by atoms with Crippen LogP contribution in [0.15, 0.2) is 71.8 Å². The van der Waals surface area contributed by atoms with Gasteiger partial charge in [0.2, 0.25) is 0 Å². The zero-order valence-corrected chi connectivity index (χ0v) is 23.1. The minimum absolute atomic E-state index is 0.282. The number of aromatic nitrogens is 3. The second-order valence-electron chi connectivity index (χ2n) is 10.1. The number of anilines is 1. The summed E-state index contributed by atoms with van der Waals surface area (Å²) in [5, 5.41) is 14.6. The van der Waals surface area contributed by atoms with Gasteiger partial charge in [0.1, 0.15) is 34.9 Å². The summed E-state index contributed by atoms with van der Waals surface area (Å²) in [6.45, 7) is 0.749. The largest absolute Gasteiger partial charge is 0.480 e. The number of para-hydroxylation sites is 1. The first kappa shape index (κ1) is 30.2. The molecule has 3 aromatic heterocycles. The molecular formula is C30H24F5N5O4. The third-order valence-corrected chi connectivity index (χ3v) is 7.22. The van der Waals surface area contributed by atoms with E-state index in [-0.39, 0.29) is 12.0 Å². The summed E-state index contributed by atoms with van der Waals surface area (Å²) in [4.78, 5) is 42.4. The Bertz CT molecular complexity index is 1960. The predicted octanol–water partition coefficient (Wildman–Crippen LogP) is 4.92. The quantitative estimate of drug-likeness (QED) is 0.214. The van der Waals surface area contributed by atoms with Crippen LogP contribution in [0.2, 0.25) is 0 Å². The van der Waals surface area contributed by atoms with Crippen LogP contribution >= 0.6 is 0 Å². The van der Waals surface area contributed by atoms with E-state index in [2.05, 4.69) is 10.3 Å². The second kappa shape index (κ2) is 11.4. The van der Waals surface area contributed by atoms with Gasteiger partial charge >= 0.3 is 12.1 Å². The van der Waals surface area contributed by atoms with Gasteiger partial charge in [-0.2, -0.15) is 13.2 Å². The topological polar surface area (TPSA) is 118 Å². The van der Waals surface area contributed by atoms with E-state index in [1.54, 1.807) is 25.2 Å². The van der Waals surface area contributed by atoms with E-state index in [0.29, 0.717) is 34.6 Å². The van der Waals surface area contributed by atoms with Gasteiger partial charge in [0.25, 0.3) is 11.5 Å². The molecule has 3 heterocycles. The number of carboxylic acids is 1. The highest BCUT2D eigenvalue weighted by molar-refractivity contribution is 5.97. The van der Waals surface area contributed by atoms with Gasteiger partial charge < -0.3 is 24.7 Å². The molecule has 3 N–H and O–H groups in total. The summed E-state index contributed by atoms with van der Waals surface area (Å²) in [6, 6.07) is 9.42. The Labute approximate surface area is 245 Å². The van der Waals surface area contributed by atoms with Crippen molar-refractivity contribution in [3.05, 3.63) is 100 Å². The van der Waals surface area contributed by atoms with Crippen LogP contribution in [-0.4, -0.2) is 49.2 Å². The smallest absolute Gasteiger partial charge is 0.408 e. The number of aryl methyl sites for hydroxylation is 1. The Morgan fingerprint density at radius 2 is 1.70 bits per heavy atom. The second-order valence-corrected chi connectivity index (χ2v) is 10.1. The number of rotatable bonds is 8. The molecule has 0 spiro atoms. The molecule has 0 saturated carbocycles. The Kier molecular flexibility index (Phi) is 7.84. The van der Waals surface area contributed by atoms with Crippen LogP contribution in [0.5, 0.6) is 0 Å². The summed E-state index contributed by atoms with van der Waals surface area (Å²) in [7, 11) is 1.64. The van der Waals surface area contributed by atoms with E-state index in [1.807, 2.05) is 29.6 Å². The fraction of sp³-hybridized carbons (Fsp3) is 0.200. The summed E-state index contributed by atoms with van der Waals surface area (Å²) in [5.41, 5.74) is 0.231. The third kappa shape index (κ3) is 5.70. The zero-order chi connectivity index (χ0) is 31.9. The van der Waals surface area contributed by atoms with Crippen LogP contribution in [0.1, 0.15) is 23.0 Å². The monoisotopic (exact) mass is 613 g/mol. The molecule has 14 heteroatoms. The SMILES string of the molecule is C[C@@H](Nc1cc(F)c(C(=O)N[C@@H](Cc2ccc(-c3cc4ccccc4n(C)c3=O)c3nccn23)C(=O)O)c(F)c1)C(F)(F)F. The molecule has 44 heavy (non-hydrogen) atoms. The lowest BCUT2D eigenvalue weighted by molar-refractivity contribution is -0.139. The molecular weight excluding hydrogens is 589 g/mol. The number of carbonyl (C=O) groups excluding carboxylic acids is 1. The number of hydrogen-bond acceptors (Lipinski definition) is 5. The van der Waals surface area contributed by atoms with Gasteiger partial charge in [-0.15, -0.1) is 0 Å². The molecule has 0 radical (unpaired) electrons. The lowest BCUT2D eigenvalue weighted by Gasteiger charge is -2.19. The van der Waals surface area contributed by atoms with Crippen molar-refractivity contribution in [3.63, 3.8) is 0 Å². The lowest BCUT2D eigenvalue weighted by atomic mass is 10.0. The van der Waals surface area contributed by atoms with Crippen LogP contribution in [0.4, 0.5) is 27.6 Å². The number of halogens is 5. The maximum absolute atomic E-state index is 14.7. The highest BCUT2D eigenvalue weighted by Crippen LogP contribution is 2.27. The first-order chi connectivity index (χ1) is 20.8. The van der Waals surface area contributed by atoms with Crippen molar-refractivity contribution in [3.8, 4) is 11.1 Å². The molecule has 0 aliphatic heterocycles. The Morgan fingerprint density at radius 3 is 2.36 bits per heavy atom. The number of alkyl halides is 3. The van der Waals surface area contributed by atoms with Crippen molar-refractivity contribution in [2.75, 3.05) is 5.32 Å². The van der Waals surface area contributed by atoms with Crippen molar-refractivity contribution in [2.45, 2.75) is 31.6 Å². The molecule has 5 rings (SSSR count). The standard InChI is InChI=1S/C30H24F5N5O4/c1-15(30(33,34)35)37-17-12-21(31)25(22(32)13-17)27(41)38-23(29(43)44)14-18-7-8-19(26-36-9-10-40(18)26)20-11-16-5-3-4-6-24(16)39(2)28(20)42/h3-13,15,23,37H,14H2,1-2H3,(H,38,41)(H,43,44)/t15-,23+/m1/s1. The lowest BCUT2D eigenvalue weighted by Crippen LogP contribution is -2.43. The molecule has 0 saturated heterocycles. The highest BCUT2D eigenvalue weighted by atomic mass is 19.4. The van der Waals surface area contributed by atoms with Crippen LogP contribution in [0, 0.1) is 11.6 Å². The van der Waals surface area contributed by atoms with Gasteiger partial charge in [0.05, 0.1) is 11.1 Å². The summed E-state index contributed by atoms with van der Waals surface area (Å²) < 4.78 is 70.9. The van der Waals surface area contributed by atoms with Gasteiger partial charge in [0, 0.05) is 42.8 Å². The van der Waals surface area contributed by atoms with Crippen LogP contribution < -0.4 is 16.2 Å². The highest BCUT2D eigenvalue weighted by Gasteiger charge is 2.36. The summed E-state index contributed by atoms with van der Waals surface area (Å²) in [6.07, 6.45) is -2.06. The summed E-state index contributed by atoms with van der Waals surface area (Å²) >= 11 is 0. The molecule has 5 aromatic rings. The number of carboxylic acid groups (broad SMARTS) is 1. The molecule has 1 amide bonds. The maximum atomic E-state index is 14.7. The molecule has 2 atom stereocenters. The third-order valence-electron chi connectivity index (χ3n) is 7.22. The number of pyridine rings is 2. The fourth-order valence-corrected chi connectivity index (χ4v) is 4.91. The Morgan fingerprint density at radius 1 is 1.02 bits per heavy atom. The fourth-order valence-electron chi connectivity index (χ4n) is 4.91. The van der Waals surface area contributed by atoms with Crippen molar-refractivity contribution >= 4 is 34.1 Å². The molecule has 9 nitrogen and oxygen atoms in total. The molecule has 0 aliphatic carbocycles. The normalized spacial score (nSPS) is 13.2. The van der Waals surface area contributed by atoms with E-state index < -0.39 is 53.0 Å². The Hall–Kier alpha value is -5.27. The predicted molar refractivity (Wildman–Crippen MR) is 151 cm³/mol. The van der Waals surface area contributed by atoms with E-state index in [4.69, 9.17) is 0 Å². The van der Waals surface area contributed by atoms with Crippen molar-refractivity contribution in [2.24, 2.45) is 7.05 Å². The number of nitrogens with zero attached hydrogens (tertiary/aromatic N) is 3. The van der Waals surface area contributed by atoms with Crippen LogP contribution in [0.25, 0.3) is 27.7 Å². The van der Waals surface area contributed by atoms with E-state index in [9.17, 15) is 41.4 Å². The Balaban J connectivity index is 1.43. The number of nitrogens with one attached hydrogen (secondary N) is 2. The maximum Gasteiger partial charge on any atom is 0.408 e. The van der Waals surface area contributed by atoms with Crippen molar-refractivity contribution in [1.82, 2.24) is 19.3 Å². The average molecular weight is 614 g/mol. The first-order valence-corrected chi connectivity index (χ1v) is 13.2. The molecule has 2 aromatic carbocycles. The average Bonchev–Trinajstić information content (AvgIpc) is 3.44.